The summed E-state index contributed by atoms with van der Waals surface area (Å²) in [4.78, 5) is 25.5. The van der Waals surface area contributed by atoms with E-state index in [4.69, 9.17) is 0 Å². The summed E-state index contributed by atoms with van der Waals surface area (Å²) >= 11 is 0. The highest BCUT2D eigenvalue weighted by Gasteiger charge is 2.37. The molecule has 0 atom stereocenters. The number of Topliss-reactive ketones (excluding diaryl/α,β-unsaturated/α-hetero) is 1. The predicted molar refractivity (Wildman–Crippen MR) is 107 cm³/mol. The molecule has 1 heterocycles. The number of rotatable bonds is 4. The molecule has 1 aliphatic carbocycles. The lowest BCUT2D eigenvalue weighted by Gasteiger charge is -2.24. The van der Waals surface area contributed by atoms with E-state index in [1.165, 1.54) is 17.7 Å². The minimum absolute atomic E-state index is 0.0848. The van der Waals surface area contributed by atoms with Gasteiger partial charge in [-0.3, -0.25) is 14.9 Å². The topological polar surface area (TPSA) is 63.5 Å². The molecule has 3 rings (SSSR count). The van der Waals surface area contributed by atoms with Gasteiger partial charge in [0.2, 0.25) is 0 Å². The highest BCUT2D eigenvalue weighted by molar-refractivity contribution is 6.12. The molecule has 0 radical (unpaired) electrons. The molecular weight excluding hydrogens is 340 g/mol. The van der Waals surface area contributed by atoms with Gasteiger partial charge in [-0.05, 0) is 30.2 Å². The van der Waals surface area contributed by atoms with Crippen LogP contribution < -0.4 is 4.90 Å². The van der Waals surface area contributed by atoms with Crippen molar-refractivity contribution in [2.45, 2.75) is 25.7 Å². The number of likely N-dealkylation sites (N-methyl/N-ethyl adjacent to an activating group) is 1. The molecule has 0 saturated carbocycles. The number of hydrogen-bond acceptors (Lipinski definition) is 4. The first-order chi connectivity index (χ1) is 12.8. The first-order valence-corrected chi connectivity index (χ1v) is 8.75. The Morgan fingerprint density at radius 3 is 2.56 bits per heavy atom. The number of nitro groups is 1. The van der Waals surface area contributed by atoms with Crippen molar-refractivity contribution in [3.8, 4) is 0 Å². The van der Waals surface area contributed by atoms with Crippen molar-refractivity contribution < 1.29 is 9.72 Å². The molecule has 2 aliphatic rings. The molecule has 0 saturated heterocycles. The fourth-order valence-corrected chi connectivity index (χ4v) is 3.70. The Morgan fingerprint density at radius 2 is 1.93 bits per heavy atom. The Bertz CT molecular complexity index is 962. The Labute approximate surface area is 158 Å². The maximum absolute atomic E-state index is 12.7. The molecule has 0 aromatic heterocycles. The van der Waals surface area contributed by atoms with Crippen LogP contribution in [-0.2, 0) is 10.2 Å². The molecule has 0 N–H and O–H groups in total. The molecule has 0 unspecified atom stereocenters. The van der Waals surface area contributed by atoms with Crippen molar-refractivity contribution in [1.82, 2.24) is 0 Å². The molecule has 0 fully saturated rings. The zero-order valence-electron chi connectivity index (χ0n) is 15.7. The van der Waals surface area contributed by atoms with Gasteiger partial charge < -0.3 is 4.90 Å². The maximum Gasteiger partial charge on any atom is 0.270 e. The van der Waals surface area contributed by atoms with Crippen LogP contribution in [0.2, 0.25) is 0 Å². The third-order valence-electron chi connectivity index (χ3n) is 5.12. The zero-order valence-corrected chi connectivity index (χ0v) is 15.7. The van der Waals surface area contributed by atoms with Crippen LogP contribution >= 0.6 is 0 Å². The van der Waals surface area contributed by atoms with Gasteiger partial charge in [-0.2, -0.15) is 0 Å². The lowest BCUT2D eigenvalue weighted by atomic mass is 9.83. The quantitative estimate of drug-likeness (QED) is 0.343. The van der Waals surface area contributed by atoms with Gasteiger partial charge in [-0.1, -0.05) is 38.1 Å². The number of carbonyl (C=O) groups is 1. The average molecular weight is 362 g/mol. The van der Waals surface area contributed by atoms with E-state index in [-0.39, 0.29) is 16.9 Å². The fraction of sp³-hybridized carbons (Fsp3) is 0.227. The van der Waals surface area contributed by atoms with Gasteiger partial charge in [0.1, 0.15) is 0 Å². The SMILES string of the molecule is C=CCC1=CC([N+](=O)[O-])=C/C(=C\C=C2\N(C)c3ccccc3C2(C)C)C1=O. The average Bonchev–Trinajstić information content (AvgIpc) is 2.82. The highest BCUT2D eigenvalue weighted by atomic mass is 16.6. The number of nitrogens with zero attached hydrogens (tertiary/aromatic N) is 2. The Hall–Kier alpha value is -3.21. The summed E-state index contributed by atoms with van der Waals surface area (Å²) in [5.74, 6) is -0.201. The number of fused-ring (bicyclic) bond motifs is 1. The van der Waals surface area contributed by atoms with E-state index in [0.29, 0.717) is 17.6 Å². The minimum Gasteiger partial charge on any atom is -0.347 e. The number of benzene rings is 1. The summed E-state index contributed by atoms with van der Waals surface area (Å²) in [5.41, 5.74) is 3.74. The Kier molecular flexibility index (Phi) is 4.70. The normalized spacial score (nSPS) is 21.1. The molecule has 138 valence electrons. The summed E-state index contributed by atoms with van der Waals surface area (Å²) in [7, 11) is 1.99. The van der Waals surface area contributed by atoms with Gasteiger partial charge in [-0.15, -0.1) is 6.58 Å². The highest BCUT2D eigenvalue weighted by Crippen LogP contribution is 2.46. The van der Waals surface area contributed by atoms with E-state index in [0.717, 1.165) is 11.4 Å². The van der Waals surface area contributed by atoms with E-state index in [1.54, 1.807) is 12.2 Å². The summed E-state index contributed by atoms with van der Waals surface area (Å²) in [6.07, 6.45) is 8.11. The van der Waals surface area contributed by atoms with Crippen LogP contribution in [-0.4, -0.2) is 17.8 Å². The van der Waals surface area contributed by atoms with Gasteiger partial charge >= 0.3 is 0 Å². The van der Waals surface area contributed by atoms with Gasteiger partial charge in [0.25, 0.3) is 5.70 Å². The molecule has 1 aromatic carbocycles. The first-order valence-electron chi connectivity index (χ1n) is 8.75. The van der Waals surface area contributed by atoms with Crippen LogP contribution in [0, 0.1) is 10.1 Å². The maximum atomic E-state index is 12.7. The van der Waals surface area contributed by atoms with Crippen molar-refractivity contribution in [2.75, 3.05) is 11.9 Å². The Morgan fingerprint density at radius 1 is 1.22 bits per heavy atom. The van der Waals surface area contributed by atoms with Gasteiger partial charge in [-0.25, -0.2) is 0 Å². The molecular formula is C22H22N2O3. The second-order valence-corrected chi connectivity index (χ2v) is 7.19. The van der Waals surface area contributed by atoms with Gasteiger partial charge in [0.05, 0.1) is 4.92 Å². The molecule has 0 amide bonds. The molecule has 27 heavy (non-hydrogen) atoms. The van der Waals surface area contributed by atoms with E-state index >= 15 is 0 Å². The second-order valence-electron chi connectivity index (χ2n) is 7.19. The summed E-state index contributed by atoms with van der Waals surface area (Å²) in [6, 6.07) is 8.17. The third kappa shape index (κ3) is 3.16. The van der Waals surface area contributed by atoms with Crippen LogP contribution in [0.15, 0.2) is 83.8 Å². The van der Waals surface area contributed by atoms with Crippen LogP contribution in [0.25, 0.3) is 0 Å². The lowest BCUT2D eigenvalue weighted by molar-refractivity contribution is -0.419. The van der Waals surface area contributed by atoms with Crippen LogP contribution in [0.1, 0.15) is 25.8 Å². The largest absolute Gasteiger partial charge is 0.347 e. The number of hydrogen-bond donors (Lipinski definition) is 0. The van der Waals surface area contributed by atoms with Crippen molar-refractivity contribution in [3.63, 3.8) is 0 Å². The Balaban J connectivity index is 2.04. The van der Waals surface area contributed by atoms with Crippen molar-refractivity contribution in [2.24, 2.45) is 0 Å². The monoisotopic (exact) mass is 362 g/mol. The zero-order chi connectivity index (χ0) is 19.8. The number of anilines is 1. The van der Waals surface area contributed by atoms with Crippen LogP contribution in [0.3, 0.4) is 0 Å². The van der Waals surface area contributed by atoms with E-state index < -0.39 is 4.92 Å². The minimum atomic E-state index is -0.474. The number of ketones is 1. The smallest absolute Gasteiger partial charge is 0.270 e. The molecule has 0 bridgehead atoms. The molecule has 1 aliphatic heterocycles. The van der Waals surface area contributed by atoms with Gasteiger partial charge in [0.15, 0.2) is 5.78 Å². The molecule has 5 nitrogen and oxygen atoms in total. The molecule has 1 aromatic rings. The van der Waals surface area contributed by atoms with E-state index in [1.807, 2.05) is 25.3 Å². The van der Waals surface area contributed by atoms with Crippen molar-refractivity contribution in [3.05, 3.63) is 99.4 Å². The summed E-state index contributed by atoms with van der Waals surface area (Å²) in [5, 5.41) is 11.2. The number of carbonyl (C=O) groups excluding carboxylic acids is 1. The summed E-state index contributed by atoms with van der Waals surface area (Å²) in [6.45, 7) is 7.88. The second kappa shape index (κ2) is 6.83. The van der Waals surface area contributed by atoms with Crippen molar-refractivity contribution >= 4 is 11.5 Å². The van der Waals surface area contributed by atoms with Gasteiger partial charge in [0, 0.05) is 47.1 Å². The number of para-hydroxylation sites is 1. The summed E-state index contributed by atoms with van der Waals surface area (Å²) < 4.78 is 0. The first kappa shape index (κ1) is 18.6. The van der Waals surface area contributed by atoms with Crippen molar-refractivity contribution in [1.29, 1.82) is 0 Å². The standard InChI is InChI=1S/C22H22N2O3/c1-5-8-15-13-17(24(26)27)14-16(21(15)25)11-12-20-22(2,3)18-9-6-7-10-19(18)23(20)4/h5-7,9-14H,1,8H2,2-4H3/b16-11+,20-12+. The molecule has 0 spiro atoms. The van der Waals surface area contributed by atoms with Crippen LogP contribution in [0.5, 0.6) is 0 Å². The number of allylic oxidation sites excluding steroid dienone is 8. The fourth-order valence-electron chi connectivity index (χ4n) is 3.70. The van der Waals surface area contributed by atoms with E-state index in [2.05, 4.69) is 37.5 Å². The van der Waals surface area contributed by atoms with E-state index in [9.17, 15) is 14.9 Å². The third-order valence-corrected chi connectivity index (χ3v) is 5.12. The van der Waals surface area contributed by atoms with Crippen LogP contribution in [0.4, 0.5) is 5.69 Å². The molecule has 5 heteroatoms. The predicted octanol–water partition coefficient (Wildman–Crippen LogP) is 4.47. The lowest BCUT2D eigenvalue weighted by Crippen LogP contribution is -2.22.